The zero-order valence-corrected chi connectivity index (χ0v) is 16.7. The van der Waals surface area contributed by atoms with Crippen molar-refractivity contribution in [2.45, 2.75) is 45.1 Å². The SMILES string of the molecule is CC(C)C(=O)NC1CC(c2[nH]ncc2NC(=O)Cc2cccc3ccccc23)C1. The highest BCUT2D eigenvalue weighted by Crippen LogP contribution is 2.39. The number of hydrogen-bond acceptors (Lipinski definition) is 3. The Morgan fingerprint density at radius 1 is 1.14 bits per heavy atom. The maximum absolute atomic E-state index is 12.7. The summed E-state index contributed by atoms with van der Waals surface area (Å²) in [5.74, 6) is 0.280. The van der Waals surface area contributed by atoms with Crippen molar-refractivity contribution in [1.82, 2.24) is 15.5 Å². The molecule has 3 aromatic rings. The van der Waals surface area contributed by atoms with Crippen LogP contribution in [0, 0.1) is 5.92 Å². The molecule has 0 radical (unpaired) electrons. The number of benzene rings is 2. The Labute approximate surface area is 170 Å². The summed E-state index contributed by atoms with van der Waals surface area (Å²) in [7, 11) is 0. The van der Waals surface area contributed by atoms with Crippen molar-refractivity contribution >= 4 is 28.3 Å². The summed E-state index contributed by atoms with van der Waals surface area (Å²) in [5, 5.41) is 15.4. The van der Waals surface area contributed by atoms with E-state index in [1.54, 1.807) is 6.20 Å². The van der Waals surface area contributed by atoms with Crippen LogP contribution in [0.3, 0.4) is 0 Å². The maximum Gasteiger partial charge on any atom is 0.228 e. The topological polar surface area (TPSA) is 86.9 Å². The van der Waals surface area contributed by atoms with Gasteiger partial charge in [-0.25, -0.2) is 0 Å². The Bertz CT molecular complexity index is 1030. The molecular formula is C23H26N4O2. The van der Waals surface area contributed by atoms with Crippen molar-refractivity contribution in [2.24, 2.45) is 5.92 Å². The van der Waals surface area contributed by atoms with Gasteiger partial charge in [0.2, 0.25) is 11.8 Å². The lowest BCUT2D eigenvalue weighted by Crippen LogP contribution is -2.45. The smallest absolute Gasteiger partial charge is 0.228 e. The first-order chi connectivity index (χ1) is 14.0. The minimum absolute atomic E-state index is 0.00915. The second-order valence-electron chi connectivity index (χ2n) is 8.09. The van der Waals surface area contributed by atoms with Crippen molar-refractivity contribution in [3.8, 4) is 0 Å². The van der Waals surface area contributed by atoms with Crippen LogP contribution in [0.15, 0.2) is 48.7 Å². The van der Waals surface area contributed by atoms with Gasteiger partial charge in [-0.15, -0.1) is 0 Å². The number of anilines is 1. The van der Waals surface area contributed by atoms with Crippen LogP contribution in [0.2, 0.25) is 0 Å². The largest absolute Gasteiger partial charge is 0.353 e. The maximum atomic E-state index is 12.7. The van der Waals surface area contributed by atoms with Gasteiger partial charge in [-0.2, -0.15) is 5.10 Å². The molecule has 3 N–H and O–H groups in total. The summed E-state index contributed by atoms with van der Waals surface area (Å²) in [6, 6.07) is 14.3. The number of nitrogens with one attached hydrogen (secondary N) is 3. The molecule has 29 heavy (non-hydrogen) atoms. The fraction of sp³-hybridized carbons (Fsp3) is 0.348. The van der Waals surface area contributed by atoms with Gasteiger partial charge in [0.15, 0.2) is 0 Å². The number of carbonyl (C=O) groups is 2. The molecule has 1 aliphatic carbocycles. The lowest BCUT2D eigenvalue weighted by Gasteiger charge is -2.36. The van der Waals surface area contributed by atoms with Crippen LogP contribution in [0.1, 0.15) is 43.9 Å². The fourth-order valence-electron chi connectivity index (χ4n) is 3.86. The van der Waals surface area contributed by atoms with E-state index in [4.69, 9.17) is 0 Å². The molecule has 0 unspecified atom stereocenters. The summed E-state index contributed by atoms with van der Waals surface area (Å²) in [5.41, 5.74) is 2.67. The highest BCUT2D eigenvalue weighted by atomic mass is 16.2. The molecule has 4 rings (SSSR count). The van der Waals surface area contributed by atoms with E-state index >= 15 is 0 Å². The lowest BCUT2D eigenvalue weighted by molar-refractivity contribution is -0.125. The van der Waals surface area contributed by atoms with Crippen molar-refractivity contribution in [2.75, 3.05) is 5.32 Å². The number of rotatable bonds is 6. The lowest BCUT2D eigenvalue weighted by atomic mass is 9.77. The third kappa shape index (κ3) is 4.16. The van der Waals surface area contributed by atoms with Crippen molar-refractivity contribution < 1.29 is 9.59 Å². The number of hydrogen-bond donors (Lipinski definition) is 3. The minimum atomic E-state index is -0.0620. The van der Waals surface area contributed by atoms with Crippen LogP contribution < -0.4 is 10.6 Å². The molecule has 1 aliphatic rings. The number of aromatic nitrogens is 2. The third-order valence-electron chi connectivity index (χ3n) is 5.59. The standard InChI is InChI=1S/C23H26N4O2/c1-14(2)23(29)25-18-10-17(11-18)22-20(13-24-27-22)26-21(28)12-16-8-5-7-15-6-3-4-9-19(15)16/h3-9,13-14,17-18H,10-12H2,1-2H3,(H,24,27)(H,25,29)(H,26,28). The van der Waals surface area contributed by atoms with Crippen LogP contribution in [0.25, 0.3) is 10.8 Å². The predicted octanol–water partition coefficient (Wildman–Crippen LogP) is 3.76. The van der Waals surface area contributed by atoms with Gasteiger partial charge >= 0.3 is 0 Å². The van der Waals surface area contributed by atoms with Crippen LogP contribution in [-0.2, 0) is 16.0 Å². The van der Waals surface area contributed by atoms with Gasteiger partial charge in [-0.05, 0) is 29.2 Å². The third-order valence-corrected chi connectivity index (χ3v) is 5.59. The van der Waals surface area contributed by atoms with Gasteiger partial charge in [0.05, 0.1) is 24.0 Å². The molecule has 0 bridgehead atoms. The van der Waals surface area contributed by atoms with E-state index in [9.17, 15) is 9.59 Å². The molecule has 0 atom stereocenters. The molecule has 0 aliphatic heterocycles. The number of H-pyrrole nitrogens is 1. The molecule has 1 saturated carbocycles. The quantitative estimate of drug-likeness (QED) is 0.599. The first-order valence-corrected chi connectivity index (χ1v) is 10.1. The number of aromatic amines is 1. The minimum Gasteiger partial charge on any atom is -0.353 e. The van der Waals surface area contributed by atoms with Crippen molar-refractivity contribution in [3.63, 3.8) is 0 Å². The summed E-state index contributed by atoms with van der Waals surface area (Å²) >= 11 is 0. The Morgan fingerprint density at radius 2 is 1.90 bits per heavy atom. The second kappa shape index (κ2) is 8.07. The average molecular weight is 390 g/mol. The van der Waals surface area contributed by atoms with Gasteiger partial charge in [0, 0.05) is 17.9 Å². The summed E-state index contributed by atoms with van der Waals surface area (Å²) in [6.45, 7) is 3.79. The van der Waals surface area contributed by atoms with Crippen molar-refractivity contribution in [3.05, 3.63) is 59.9 Å². The van der Waals surface area contributed by atoms with Crippen LogP contribution in [0.4, 0.5) is 5.69 Å². The Kier molecular flexibility index (Phi) is 5.34. The first-order valence-electron chi connectivity index (χ1n) is 10.1. The van der Waals surface area contributed by atoms with E-state index in [0.29, 0.717) is 6.42 Å². The van der Waals surface area contributed by atoms with Gasteiger partial charge in [-0.3, -0.25) is 14.7 Å². The highest BCUT2D eigenvalue weighted by Gasteiger charge is 2.34. The van der Waals surface area contributed by atoms with Gasteiger partial charge in [-0.1, -0.05) is 56.3 Å². The molecular weight excluding hydrogens is 364 g/mol. The molecule has 6 heteroatoms. The van der Waals surface area contributed by atoms with E-state index in [1.165, 1.54) is 0 Å². The Hall–Kier alpha value is -3.15. The van der Waals surface area contributed by atoms with E-state index in [-0.39, 0.29) is 29.7 Å². The summed E-state index contributed by atoms with van der Waals surface area (Å²) < 4.78 is 0. The van der Waals surface area contributed by atoms with Gasteiger partial charge < -0.3 is 10.6 Å². The fourth-order valence-corrected chi connectivity index (χ4v) is 3.86. The Morgan fingerprint density at radius 3 is 2.69 bits per heavy atom. The average Bonchev–Trinajstić information content (AvgIpc) is 3.11. The van der Waals surface area contributed by atoms with E-state index in [1.807, 2.05) is 44.2 Å². The zero-order valence-electron chi connectivity index (χ0n) is 16.7. The van der Waals surface area contributed by atoms with Crippen molar-refractivity contribution in [1.29, 1.82) is 0 Å². The van der Waals surface area contributed by atoms with Crippen LogP contribution in [0.5, 0.6) is 0 Å². The highest BCUT2D eigenvalue weighted by molar-refractivity contribution is 5.96. The summed E-state index contributed by atoms with van der Waals surface area (Å²) in [4.78, 5) is 24.5. The molecule has 0 spiro atoms. The molecule has 1 fully saturated rings. The van der Waals surface area contributed by atoms with Gasteiger partial charge in [0.1, 0.15) is 0 Å². The molecule has 1 aromatic heterocycles. The number of nitrogens with zero attached hydrogens (tertiary/aromatic N) is 1. The molecule has 0 saturated heterocycles. The molecule has 150 valence electrons. The predicted molar refractivity (Wildman–Crippen MR) is 114 cm³/mol. The number of amides is 2. The van der Waals surface area contributed by atoms with Crippen LogP contribution in [-0.4, -0.2) is 28.1 Å². The van der Waals surface area contributed by atoms with E-state index < -0.39 is 0 Å². The molecule has 6 nitrogen and oxygen atoms in total. The van der Waals surface area contributed by atoms with Gasteiger partial charge in [0.25, 0.3) is 0 Å². The van der Waals surface area contributed by atoms with E-state index in [2.05, 4.69) is 33.0 Å². The Balaban J connectivity index is 1.38. The first kappa shape index (κ1) is 19.2. The molecule has 1 heterocycles. The van der Waals surface area contributed by atoms with E-state index in [0.717, 1.165) is 40.6 Å². The molecule has 2 aromatic carbocycles. The van der Waals surface area contributed by atoms with Crippen LogP contribution >= 0.6 is 0 Å². The molecule has 2 amide bonds. The monoisotopic (exact) mass is 390 g/mol. The zero-order chi connectivity index (χ0) is 20.4. The number of fused-ring (bicyclic) bond motifs is 1. The normalized spacial score (nSPS) is 18.4. The summed E-state index contributed by atoms with van der Waals surface area (Å²) in [6.07, 6.45) is 3.68. The number of carbonyl (C=O) groups excluding carboxylic acids is 2. The second-order valence-corrected chi connectivity index (χ2v) is 8.09.